The van der Waals surface area contributed by atoms with Gasteiger partial charge in [0, 0.05) is 11.3 Å². The van der Waals surface area contributed by atoms with Crippen LogP contribution in [0, 0.1) is 13.8 Å². The van der Waals surface area contributed by atoms with Crippen molar-refractivity contribution in [2.24, 2.45) is 0 Å². The van der Waals surface area contributed by atoms with Crippen LogP contribution in [-0.2, 0) is 11.2 Å². The number of nitrogens with one attached hydrogen (secondary N) is 1. The lowest BCUT2D eigenvalue weighted by Gasteiger charge is -2.39. The van der Waals surface area contributed by atoms with Crippen LogP contribution in [0.2, 0.25) is 0 Å². The van der Waals surface area contributed by atoms with Gasteiger partial charge in [0.25, 0.3) is 5.56 Å². The van der Waals surface area contributed by atoms with Gasteiger partial charge in [-0.3, -0.25) is 9.59 Å². The van der Waals surface area contributed by atoms with Gasteiger partial charge < -0.3 is 19.4 Å². The summed E-state index contributed by atoms with van der Waals surface area (Å²) >= 11 is 0. The zero-order valence-corrected chi connectivity index (χ0v) is 14.5. The molecule has 1 aromatic heterocycles. The maximum absolute atomic E-state index is 12.4. The van der Waals surface area contributed by atoms with Crippen molar-refractivity contribution in [2.45, 2.75) is 26.4 Å². The molecule has 0 unspecified atom stereocenters. The first kappa shape index (κ1) is 17.0. The van der Waals surface area contributed by atoms with Crippen molar-refractivity contribution in [1.29, 1.82) is 0 Å². The van der Waals surface area contributed by atoms with Crippen LogP contribution >= 0.6 is 0 Å². The SMILES string of the molecule is COc1ccccc1OC1CN(C(=O)Cc2c(C)nc(C)[nH]c2=O)C1. The molecule has 1 N–H and O–H groups in total. The molecule has 0 radical (unpaired) electrons. The second-order valence-corrected chi connectivity index (χ2v) is 6.08. The minimum absolute atomic E-state index is 0.0514. The predicted octanol–water partition coefficient (Wildman–Crippen LogP) is 1.23. The van der Waals surface area contributed by atoms with Gasteiger partial charge >= 0.3 is 0 Å². The van der Waals surface area contributed by atoms with Crippen molar-refractivity contribution < 1.29 is 14.3 Å². The number of para-hydroxylation sites is 2. The number of carbonyl (C=O) groups is 1. The minimum Gasteiger partial charge on any atom is -0.493 e. The van der Waals surface area contributed by atoms with Crippen molar-refractivity contribution in [2.75, 3.05) is 20.2 Å². The van der Waals surface area contributed by atoms with Gasteiger partial charge in [0.05, 0.1) is 26.6 Å². The van der Waals surface area contributed by atoms with Gasteiger partial charge in [0.2, 0.25) is 5.91 Å². The second-order valence-electron chi connectivity index (χ2n) is 6.08. The summed E-state index contributed by atoms with van der Waals surface area (Å²) in [5.41, 5.74) is 0.766. The van der Waals surface area contributed by atoms with E-state index in [1.54, 1.807) is 25.9 Å². The Balaban J connectivity index is 1.58. The lowest BCUT2D eigenvalue weighted by molar-refractivity contribution is -0.139. The molecule has 1 aliphatic rings. The summed E-state index contributed by atoms with van der Waals surface area (Å²) in [5, 5.41) is 0. The van der Waals surface area contributed by atoms with E-state index < -0.39 is 0 Å². The number of amides is 1. The summed E-state index contributed by atoms with van der Waals surface area (Å²) in [6.45, 7) is 4.45. The Hall–Kier alpha value is -2.83. The van der Waals surface area contributed by atoms with Crippen LogP contribution in [-0.4, -0.2) is 47.1 Å². The number of benzene rings is 1. The number of nitrogens with zero attached hydrogens (tertiary/aromatic N) is 2. The van der Waals surface area contributed by atoms with Crippen molar-refractivity contribution in [1.82, 2.24) is 14.9 Å². The zero-order valence-electron chi connectivity index (χ0n) is 14.5. The molecule has 3 rings (SSSR count). The molecule has 2 heterocycles. The number of carbonyl (C=O) groups excluding carboxylic acids is 1. The minimum atomic E-state index is -0.249. The lowest BCUT2D eigenvalue weighted by atomic mass is 10.1. The third kappa shape index (κ3) is 3.65. The molecule has 1 aliphatic heterocycles. The van der Waals surface area contributed by atoms with Crippen molar-refractivity contribution in [3.05, 3.63) is 51.7 Å². The van der Waals surface area contributed by atoms with Gasteiger partial charge in [0.1, 0.15) is 11.9 Å². The number of hydrogen-bond acceptors (Lipinski definition) is 5. The van der Waals surface area contributed by atoms with E-state index in [1.165, 1.54) is 0 Å². The fraction of sp³-hybridized carbons (Fsp3) is 0.389. The van der Waals surface area contributed by atoms with Crippen LogP contribution in [0.15, 0.2) is 29.1 Å². The molecule has 7 nitrogen and oxygen atoms in total. The first-order valence-electron chi connectivity index (χ1n) is 8.11. The molecule has 1 fully saturated rings. The average Bonchev–Trinajstić information content (AvgIpc) is 2.54. The Morgan fingerprint density at radius 3 is 2.60 bits per heavy atom. The van der Waals surface area contributed by atoms with E-state index in [2.05, 4.69) is 9.97 Å². The van der Waals surface area contributed by atoms with E-state index in [9.17, 15) is 9.59 Å². The Bertz CT molecular complexity index is 840. The van der Waals surface area contributed by atoms with Crippen molar-refractivity contribution in [3.63, 3.8) is 0 Å². The Morgan fingerprint density at radius 2 is 1.96 bits per heavy atom. The number of aromatic amines is 1. The number of hydrogen-bond donors (Lipinski definition) is 1. The number of likely N-dealkylation sites (tertiary alicyclic amines) is 1. The standard InChI is InChI=1S/C18H21N3O4/c1-11-14(18(23)20-12(2)19-11)8-17(22)21-9-13(10-21)25-16-7-5-4-6-15(16)24-3/h4-7,13H,8-10H2,1-3H3,(H,19,20,23). The maximum Gasteiger partial charge on any atom is 0.254 e. The fourth-order valence-corrected chi connectivity index (χ4v) is 2.83. The van der Waals surface area contributed by atoms with Crippen LogP contribution in [0.1, 0.15) is 17.1 Å². The summed E-state index contributed by atoms with van der Waals surface area (Å²) < 4.78 is 11.1. The highest BCUT2D eigenvalue weighted by atomic mass is 16.5. The number of aromatic nitrogens is 2. The van der Waals surface area contributed by atoms with Crippen molar-refractivity contribution >= 4 is 5.91 Å². The molecule has 7 heteroatoms. The van der Waals surface area contributed by atoms with Gasteiger partial charge in [-0.1, -0.05) is 12.1 Å². The van der Waals surface area contributed by atoms with E-state index in [-0.39, 0.29) is 24.0 Å². The summed E-state index contributed by atoms with van der Waals surface area (Å²) in [5.74, 6) is 1.78. The molecule has 2 aromatic rings. The molecule has 1 saturated heterocycles. The van der Waals surface area contributed by atoms with Gasteiger partial charge in [-0.05, 0) is 26.0 Å². The second kappa shape index (κ2) is 6.96. The molecule has 1 amide bonds. The molecule has 0 saturated carbocycles. The van der Waals surface area contributed by atoms with Crippen LogP contribution in [0.5, 0.6) is 11.5 Å². The molecule has 0 atom stereocenters. The van der Waals surface area contributed by atoms with E-state index in [0.29, 0.717) is 41.7 Å². The number of aryl methyl sites for hydroxylation is 2. The largest absolute Gasteiger partial charge is 0.493 e. The Kier molecular flexibility index (Phi) is 4.74. The third-order valence-electron chi connectivity index (χ3n) is 4.23. The number of methoxy groups -OCH3 is 1. The Labute approximate surface area is 145 Å². The highest BCUT2D eigenvalue weighted by Crippen LogP contribution is 2.28. The first-order chi connectivity index (χ1) is 12.0. The van der Waals surface area contributed by atoms with Crippen LogP contribution in [0.3, 0.4) is 0 Å². The highest BCUT2D eigenvalue weighted by Gasteiger charge is 2.33. The highest BCUT2D eigenvalue weighted by molar-refractivity contribution is 5.79. The molecule has 0 aliphatic carbocycles. The molecular formula is C18H21N3O4. The van der Waals surface area contributed by atoms with E-state index in [0.717, 1.165) is 0 Å². The summed E-state index contributed by atoms with van der Waals surface area (Å²) in [6.07, 6.45) is -0.0219. The molecule has 25 heavy (non-hydrogen) atoms. The predicted molar refractivity (Wildman–Crippen MR) is 92.0 cm³/mol. The summed E-state index contributed by atoms with van der Waals surface area (Å²) in [7, 11) is 1.59. The fourth-order valence-electron chi connectivity index (χ4n) is 2.83. The van der Waals surface area contributed by atoms with E-state index in [1.807, 2.05) is 24.3 Å². The van der Waals surface area contributed by atoms with Gasteiger partial charge in [-0.2, -0.15) is 0 Å². The summed E-state index contributed by atoms with van der Waals surface area (Å²) in [6, 6.07) is 7.41. The van der Waals surface area contributed by atoms with Crippen LogP contribution < -0.4 is 15.0 Å². The van der Waals surface area contributed by atoms with Gasteiger partial charge in [-0.25, -0.2) is 4.98 Å². The zero-order chi connectivity index (χ0) is 18.0. The average molecular weight is 343 g/mol. The normalized spacial score (nSPS) is 14.1. The molecule has 0 spiro atoms. The molecule has 1 aromatic carbocycles. The maximum atomic E-state index is 12.4. The van der Waals surface area contributed by atoms with Crippen LogP contribution in [0.4, 0.5) is 0 Å². The lowest BCUT2D eigenvalue weighted by Crippen LogP contribution is -2.56. The first-order valence-corrected chi connectivity index (χ1v) is 8.11. The van der Waals surface area contributed by atoms with Crippen LogP contribution in [0.25, 0.3) is 0 Å². The van der Waals surface area contributed by atoms with Gasteiger partial charge in [-0.15, -0.1) is 0 Å². The van der Waals surface area contributed by atoms with E-state index in [4.69, 9.17) is 9.47 Å². The van der Waals surface area contributed by atoms with E-state index >= 15 is 0 Å². The van der Waals surface area contributed by atoms with Crippen molar-refractivity contribution in [3.8, 4) is 11.5 Å². The molecule has 132 valence electrons. The third-order valence-corrected chi connectivity index (χ3v) is 4.23. The molecule has 0 bridgehead atoms. The quantitative estimate of drug-likeness (QED) is 0.883. The monoisotopic (exact) mass is 343 g/mol. The number of H-pyrrole nitrogens is 1. The number of ether oxygens (including phenoxy) is 2. The number of rotatable bonds is 5. The Morgan fingerprint density at radius 1 is 1.28 bits per heavy atom. The van der Waals surface area contributed by atoms with Gasteiger partial charge in [0.15, 0.2) is 11.5 Å². The molecular weight excluding hydrogens is 322 g/mol. The topological polar surface area (TPSA) is 84.5 Å². The summed E-state index contributed by atoms with van der Waals surface area (Å²) in [4.78, 5) is 32.9. The smallest absolute Gasteiger partial charge is 0.254 e.